The van der Waals surface area contributed by atoms with Gasteiger partial charge >= 0.3 is 0 Å². The quantitative estimate of drug-likeness (QED) is 0.278. The molecule has 4 N–H and O–H groups in total. The van der Waals surface area contributed by atoms with E-state index in [1.165, 1.54) is 0 Å². The number of hydrogen-bond donors (Lipinski definition) is 3. The van der Waals surface area contributed by atoms with Crippen LogP contribution in [0.3, 0.4) is 0 Å². The molecule has 1 saturated heterocycles. The molecule has 0 bridgehead atoms. The van der Waals surface area contributed by atoms with E-state index in [4.69, 9.17) is 15.2 Å². The Balaban J connectivity index is 1.46. The molecule has 32 heavy (non-hydrogen) atoms. The third-order valence-electron chi connectivity index (χ3n) is 5.15. The number of nitrogens with two attached hydrogens (primary N) is 1. The number of nitrogens with zero attached hydrogens (tertiary/aromatic N) is 4. The smallest absolute Gasteiger partial charge is 0.191 e. The summed E-state index contributed by atoms with van der Waals surface area (Å²) in [5.41, 5.74) is 8.16. The summed E-state index contributed by atoms with van der Waals surface area (Å²) in [6.45, 7) is 6.46. The average Bonchev–Trinajstić information content (AvgIpc) is 3.44. The number of aliphatic imine (C=N–C) groups is 1. The van der Waals surface area contributed by atoms with Gasteiger partial charge in [-0.1, -0.05) is 18.2 Å². The first kappa shape index (κ1) is 23.6. The Morgan fingerprint density at radius 1 is 1.34 bits per heavy atom. The van der Waals surface area contributed by atoms with Crippen LogP contribution in [0.4, 0.5) is 5.82 Å². The molecule has 1 unspecified atom stereocenters. The standard InChI is InChI=1S/C23H33N7O2/c1-2-26-23(28-13-7-14-32-19-11-15-31-17-19)27-12-6-10-21-20(16-24)22(25)30(29-21)18-8-4-3-5-9-18/h3-5,8-9,19H,2,6-7,10-15,17,25H2,1H3,(H2,26,27,28). The fourth-order valence-corrected chi connectivity index (χ4v) is 3.49. The number of hydrogen-bond acceptors (Lipinski definition) is 6. The molecule has 0 aliphatic carbocycles. The van der Waals surface area contributed by atoms with Crippen molar-refractivity contribution in [2.75, 3.05) is 45.2 Å². The molecular formula is C23H33N7O2. The summed E-state index contributed by atoms with van der Waals surface area (Å²) in [7, 11) is 0. The van der Waals surface area contributed by atoms with Crippen molar-refractivity contribution in [3.63, 3.8) is 0 Å². The van der Waals surface area contributed by atoms with Gasteiger partial charge in [0.2, 0.25) is 0 Å². The molecule has 1 aromatic carbocycles. The van der Waals surface area contributed by atoms with Crippen molar-refractivity contribution in [1.29, 1.82) is 5.26 Å². The highest BCUT2D eigenvalue weighted by Gasteiger charge is 2.16. The molecule has 0 amide bonds. The molecular weight excluding hydrogens is 406 g/mol. The van der Waals surface area contributed by atoms with Crippen LogP contribution in [0.25, 0.3) is 5.69 Å². The Bertz CT molecular complexity index is 899. The molecule has 1 aliphatic heterocycles. The number of nitrogens with one attached hydrogen (secondary N) is 2. The molecule has 172 valence electrons. The first-order valence-electron chi connectivity index (χ1n) is 11.3. The lowest BCUT2D eigenvalue weighted by Crippen LogP contribution is -2.38. The summed E-state index contributed by atoms with van der Waals surface area (Å²) in [6.07, 6.45) is 3.53. The fraction of sp³-hybridized carbons (Fsp3) is 0.522. The van der Waals surface area contributed by atoms with E-state index >= 15 is 0 Å². The zero-order valence-corrected chi connectivity index (χ0v) is 18.7. The highest BCUT2D eigenvalue weighted by Crippen LogP contribution is 2.21. The van der Waals surface area contributed by atoms with Gasteiger partial charge in [-0.05, 0) is 44.7 Å². The summed E-state index contributed by atoms with van der Waals surface area (Å²) in [5.74, 6) is 1.16. The van der Waals surface area contributed by atoms with Gasteiger partial charge in [0.15, 0.2) is 5.96 Å². The molecule has 1 atom stereocenters. The minimum atomic E-state index is 0.245. The summed E-state index contributed by atoms with van der Waals surface area (Å²) >= 11 is 0. The van der Waals surface area contributed by atoms with E-state index < -0.39 is 0 Å². The van der Waals surface area contributed by atoms with E-state index in [0.717, 1.165) is 50.6 Å². The molecule has 0 radical (unpaired) electrons. The van der Waals surface area contributed by atoms with Crippen molar-refractivity contribution in [1.82, 2.24) is 20.4 Å². The Morgan fingerprint density at radius 2 is 2.19 bits per heavy atom. The Morgan fingerprint density at radius 3 is 2.91 bits per heavy atom. The molecule has 2 aromatic rings. The van der Waals surface area contributed by atoms with Gasteiger partial charge in [-0.15, -0.1) is 0 Å². The number of anilines is 1. The topological polar surface area (TPSA) is 123 Å². The molecule has 1 aliphatic rings. The Hall–Kier alpha value is -3.09. The predicted molar refractivity (Wildman–Crippen MR) is 125 cm³/mol. The van der Waals surface area contributed by atoms with Crippen LogP contribution in [0.15, 0.2) is 35.3 Å². The Labute approximate surface area is 189 Å². The largest absolute Gasteiger partial charge is 0.382 e. The van der Waals surface area contributed by atoms with E-state index in [2.05, 4.69) is 26.8 Å². The van der Waals surface area contributed by atoms with E-state index in [1.54, 1.807) is 4.68 Å². The van der Waals surface area contributed by atoms with Crippen molar-refractivity contribution >= 4 is 11.8 Å². The molecule has 1 fully saturated rings. The van der Waals surface area contributed by atoms with E-state index in [-0.39, 0.29) is 6.10 Å². The third-order valence-corrected chi connectivity index (χ3v) is 5.15. The minimum Gasteiger partial charge on any atom is -0.382 e. The van der Waals surface area contributed by atoms with Crippen molar-refractivity contribution in [3.8, 4) is 11.8 Å². The number of benzene rings is 1. The van der Waals surface area contributed by atoms with Crippen molar-refractivity contribution in [2.45, 2.75) is 38.7 Å². The molecule has 2 heterocycles. The second kappa shape index (κ2) is 12.7. The van der Waals surface area contributed by atoms with E-state index in [0.29, 0.717) is 43.3 Å². The van der Waals surface area contributed by atoms with Crippen LogP contribution in [0.1, 0.15) is 37.4 Å². The van der Waals surface area contributed by atoms with Crippen LogP contribution in [-0.4, -0.2) is 61.3 Å². The van der Waals surface area contributed by atoms with Gasteiger partial charge in [0.25, 0.3) is 0 Å². The maximum atomic E-state index is 9.54. The summed E-state index contributed by atoms with van der Waals surface area (Å²) in [5, 5.41) is 20.7. The summed E-state index contributed by atoms with van der Waals surface area (Å²) < 4.78 is 12.7. The maximum absolute atomic E-state index is 9.54. The number of nitriles is 1. The van der Waals surface area contributed by atoms with Crippen LogP contribution in [0.2, 0.25) is 0 Å². The number of aromatic nitrogens is 2. The third kappa shape index (κ3) is 6.70. The number of aryl methyl sites for hydroxylation is 1. The molecule has 9 heteroatoms. The van der Waals surface area contributed by atoms with Crippen LogP contribution in [-0.2, 0) is 15.9 Å². The summed E-state index contributed by atoms with van der Waals surface area (Å²) in [4.78, 5) is 4.63. The maximum Gasteiger partial charge on any atom is 0.191 e. The highest BCUT2D eigenvalue weighted by atomic mass is 16.5. The van der Waals surface area contributed by atoms with E-state index in [9.17, 15) is 5.26 Å². The lowest BCUT2D eigenvalue weighted by Gasteiger charge is -2.12. The lowest BCUT2D eigenvalue weighted by molar-refractivity contribution is 0.0420. The molecule has 0 saturated carbocycles. The predicted octanol–water partition coefficient (Wildman–Crippen LogP) is 2.01. The minimum absolute atomic E-state index is 0.245. The number of nitrogen functional groups attached to an aromatic ring is 1. The molecule has 0 spiro atoms. The van der Waals surface area contributed by atoms with Crippen LogP contribution >= 0.6 is 0 Å². The fourth-order valence-electron chi connectivity index (χ4n) is 3.49. The number of para-hydroxylation sites is 1. The Kier molecular flexibility index (Phi) is 9.35. The molecule has 1 aromatic heterocycles. The van der Waals surface area contributed by atoms with Crippen LogP contribution in [0, 0.1) is 11.3 Å². The first-order chi connectivity index (χ1) is 15.7. The van der Waals surface area contributed by atoms with E-state index in [1.807, 2.05) is 37.3 Å². The lowest BCUT2D eigenvalue weighted by atomic mass is 10.1. The van der Waals surface area contributed by atoms with Crippen molar-refractivity contribution < 1.29 is 9.47 Å². The molecule has 3 rings (SSSR count). The SMILES string of the molecule is CCNC(=NCCCc1nn(-c2ccccc2)c(N)c1C#N)NCCCOC1CCOC1. The summed E-state index contributed by atoms with van der Waals surface area (Å²) in [6, 6.07) is 11.8. The van der Waals surface area contributed by atoms with Crippen molar-refractivity contribution in [2.24, 2.45) is 4.99 Å². The number of guanidine groups is 1. The van der Waals surface area contributed by atoms with Gasteiger partial charge in [-0.3, -0.25) is 4.99 Å². The zero-order valence-electron chi connectivity index (χ0n) is 18.7. The first-order valence-corrected chi connectivity index (χ1v) is 11.3. The van der Waals surface area contributed by atoms with Gasteiger partial charge in [0.1, 0.15) is 17.5 Å². The van der Waals surface area contributed by atoms with Gasteiger partial charge < -0.3 is 25.8 Å². The second-order valence-electron chi connectivity index (χ2n) is 7.57. The number of rotatable bonds is 11. The van der Waals surface area contributed by atoms with Gasteiger partial charge in [-0.2, -0.15) is 10.4 Å². The van der Waals surface area contributed by atoms with Crippen molar-refractivity contribution in [3.05, 3.63) is 41.6 Å². The van der Waals surface area contributed by atoms with Crippen LogP contribution in [0.5, 0.6) is 0 Å². The normalized spacial score (nSPS) is 16.1. The second-order valence-corrected chi connectivity index (χ2v) is 7.57. The monoisotopic (exact) mass is 439 g/mol. The van der Waals surface area contributed by atoms with Crippen LogP contribution < -0.4 is 16.4 Å². The molecule has 9 nitrogen and oxygen atoms in total. The average molecular weight is 440 g/mol. The zero-order chi connectivity index (χ0) is 22.6. The number of ether oxygens (including phenoxy) is 2. The van der Waals surface area contributed by atoms with Gasteiger partial charge in [0, 0.05) is 32.8 Å². The van der Waals surface area contributed by atoms with Gasteiger partial charge in [0.05, 0.1) is 24.1 Å². The van der Waals surface area contributed by atoms with Gasteiger partial charge in [-0.25, -0.2) is 4.68 Å². The highest BCUT2D eigenvalue weighted by molar-refractivity contribution is 5.79.